The van der Waals surface area contributed by atoms with E-state index in [-0.39, 0.29) is 18.2 Å². The van der Waals surface area contributed by atoms with Crippen molar-refractivity contribution in [2.24, 2.45) is 5.92 Å². The summed E-state index contributed by atoms with van der Waals surface area (Å²) in [5.41, 5.74) is 1.29. The van der Waals surface area contributed by atoms with Gasteiger partial charge in [0, 0.05) is 17.3 Å². The molecule has 0 aliphatic carbocycles. The predicted octanol–water partition coefficient (Wildman–Crippen LogP) is 3.16. The van der Waals surface area contributed by atoms with E-state index in [1.165, 1.54) is 22.7 Å². The fraction of sp³-hybridized carbons (Fsp3) is 0.400. The number of nitrogens with one attached hydrogen (secondary N) is 2. The summed E-state index contributed by atoms with van der Waals surface area (Å²) in [5, 5.41) is 11.6. The molecule has 0 atom stereocenters. The average Bonchev–Trinajstić information content (AvgIpc) is 3.09. The highest BCUT2D eigenvalue weighted by Gasteiger charge is 2.11. The molecule has 2 amide bonds. The van der Waals surface area contributed by atoms with Gasteiger partial charge in [0.2, 0.25) is 5.91 Å². The van der Waals surface area contributed by atoms with Crippen LogP contribution in [-0.2, 0) is 11.2 Å². The highest BCUT2D eigenvalue weighted by atomic mass is 32.1. The second-order valence-electron chi connectivity index (χ2n) is 5.32. The van der Waals surface area contributed by atoms with Crippen LogP contribution in [0.2, 0.25) is 0 Å². The van der Waals surface area contributed by atoms with Crippen LogP contribution in [0, 0.1) is 5.92 Å². The first kappa shape index (κ1) is 16.6. The van der Waals surface area contributed by atoms with E-state index in [1.54, 1.807) is 16.8 Å². The van der Waals surface area contributed by atoms with Gasteiger partial charge in [-0.15, -0.1) is 11.3 Å². The number of nitrogens with zero attached hydrogens (tertiary/aromatic N) is 1. The van der Waals surface area contributed by atoms with Crippen LogP contribution in [0.15, 0.2) is 22.2 Å². The first-order chi connectivity index (χ1) is 10.5. The molecule has 118 valence electrons. The molecule has 0 saturated carbocycles. The van der Waals surface area contributed by atoms with E-state index in [0.29, 0.717) is 28.9 Å². The number of carbonyl (C=O) groups excluding carboxylic acids is 2. The van der Waals surface area contributed by atoms with Gasteiger partial charge >= 0.3 is 0 Å². The molecule has 22 heavy (non-hydrogen) atoms. The Morgan fingerprint density at radius 3 is 2.82 bits per heavy atom. The predicted molar refractivity (Wildman–Crippen MR) is 90.6 cm³/mol. The van der Waals surface area contributed by atoms with Crippen molar-refractivity contribution in [3.63, 3.8) is 0 Å². The number of thiophene rings is 1. The van der Waals surface area contributed by atoms with Crippen molar-refractivity contribution >= 4 is 39.6 Å². The van der Waals surface area contributed by atoms with Crippen LogP contribution in [0.25, 0.3) is 0 Å². The number of carbonyl (C=O) groups is 2. The van der Waals surface area contributed by atoms with Crippen LogP contribution in [0.4, 0.5) is 5.13 Å². The van der Waals surface area contributed by atoms with E-state index in [9.17, 15) is 9.59 Å². The van der Waals surface area contributed by atoms with Gasteiger partial charge in [-0.1, -0.05) is 13.8 Å². The Morgan fingerprint density at radius 1 is 1.32 bits per heavy atom. The van der Waals surface area contributed by atoms with Crippen molar-refractivity contribution < 1.29 is 9.59 Å². The molecule has 5 nitrogen and oxygen atoms in total. The van der Waals surface area contributed by atoms with Crippen molar-refractivity contribution in [1.82, 2.24) is 10.3 Å². The third kappa shape index (κ3) is 5.23. The van der Waals surface area contributed by atoms with Gasteiger partial charge in [0.15, 0.2) is 5.13 Å². The van der Waals surface area contributed by atoms with Gasteiger partial charge in [0.05, 0.1) is 17.7 Å². The molecule has 2 rings (SSSR count). The zero-order valence-electron chi connectivity index (χ0n) is 12.6. The van der Waals surface area contributed by atoms with Gasteiger partial charge in [-0.2, -0.15) is 11.3 Å². The normalized spacial score (nSPS) is 10.7. The van der Waals surface area contributed by atoms with Gasteiger partial charge in [-0.3, -0.25) is 14.9 Å². The molecule has 0 aromatic carbocycles. The summed E-state index contributed by atoms with van der Waals surface area (Å²) in [7, 11) is 0. The molecule has 0 bridgehead atoms. The Hall–Kier alpha value is -1.73. The van der Waals surface area contributed by atoms with Crippen LogP contribution in [0.1, 0.15) is 36.3 Å². The lowest BCUT2D eigenvalue weighted by atomic mass is 10.1. The van der Waals surface area contributed by atoms with Crippen molar-refractivity contribution in [3.8, 4) is 0 Å². The molecule has 2 aromatic rings. The topological polar surface area (TPSA) is 71.1 Å². The second-order valence-corrected chi connectivity index (χ2v) is 6.96. The van der Waals surface area contributed by atoms with E-state index in [4.69, 9.17) is 0 Å². The summed E-state index contributed by atoms with van der Waals surface area (Å²) < 4.78 is 0. The Balaban J connectivity index is 1.81. The summed E-state index contributed by atoms with van der Waals surface area (Å²) >= 11 is 2.80. The van der Waals surface area contributed by atoms with Crippen molar-refractivity contribution in [2.75, 3.05) is 11.9 Å². The van der Waals surface area contributed by atoms with Crippen molar-refractivity contribution in [2.45, 2.75) is 26.7 Å². The molecule has 0 aliphatic heterocycles. The molecule has 0 saturated heterocycles. The zero-order chi connectivity index (χ0) is 15.9. The maximum absolute atomic E-state index is 11.9. The number of anilines is 1. The van der Waals surface area contributed by atoms with Crippen LogP contribution >= 0.6 is 22.7 Å². The minimum atomic E-state index is -0.177. The Kier molecular flexibility index (Phi) is 6.09. The van der Waals surface area contributed by atoms with E-state index >= 15 is 0 Å². The zero-order valence-corrected chi connectivity index (χ0v) is 14.2. The van der Waals surface area contributed by atoms with E-state index in [2.05, 4.69) is 29.5 Å². The monoisotopic (exact) mass is 337 g/mol. The van der Waals surface area contributed by atoms with Crippen LogP contribution in [0.5, 0.6) is 0 Å². The summed E-state index contributed by atoms with van der Waals surface area (Å²) in [5.74, 6) is 0.351. The van der Waals surface area contributed by atoms with Gasteiger partial charge < -0.3 is 5.32 Å². The first-order valence-electron chi connectivity index (χ1n) is 7.09. The smallest absolute Gasteiger partial charge is 0.258 e. The molecule has 0 aliphatic rings. The van der Waals surface area contributed by atoms with Gasteiger partial charge in [-0.05, 0) is 23.8 Å². The SMILES string of the molecule is CC(C)CCNC(=O)Cc1csc(NC(=O)c2ccsc2)n1. The van der Waals surface area contributed by atoms with Gasteiger partial charge in [-0.25, -0.2) is 4.98 Å². The number of rotatable bonds is 7. The Morgan fingerprint density at radius 2 is 2.14 bits per heavy atom. The summed E-state index contributed by atoms with van der Waals surface area (Å²) in [4.78, 5) is 27.9. The fourth-order valence-corrected chi connectivity index (χ4v) is 3.08. The second kappa shape index (κ2) is 8.05. The third-order valence-corrected chi connectivity index (χ3v) is 4.43. The van der Waals surface area contributed by atoms with Crippen molar-refractivity contribution in [1.29, 1.82) is 0 Å². The average molecular weight is 337 g/mol. The highest BCUT2D eigenvalue weighted by Crippen LogP contribution is 2.17. The lowest BCUT2D eigenvalue weighted by Gasteiger charge is -2.06. The summed E-state index contributed by atoms with van der Waals surface area (Å²) in [6, 6.07) is 1.76. The Bertz CT molecular complexity index is 621. The van der Waals surface area contributed by atoms with Gasteiger partial charge in [0.1, 0.15) is 0 Å². The largest absolute Gasteiger partial charge is 0.356 e. The molecule has 2 heterocycles. The number of hydrogen-bond acceptors (Lipinski definition) is 5. The minimum absolute atomic E-state index is 0.0401. The van der Waals surface area contributed by atoms with E-state index in [1.807, 2.05) is 5.38 Å². The highest BCUT2D eigenvalue weighted by molar-refractivity contribution is 7.14. The maximum atomic E-state index is 11.9. The molecule has 0 unspecified atom stereocenters. The lowest BCUT2D eigenvalue weighted by Crippen LogP contribution is -2.27. The standard InChI is InChI=1S/C15H19N3O2S2/c1-10(2)3-5-16-13(19)7-12-9-22-15(17-12)18-14(20)11-4-6-21-8-11/h4,6,8-10H,3,5,7H2,1-2H3,(H,16,19)(H,17,18,20). The third-order valence-electron chi connectivity index (χ3n) is 2.94. The van der Waals surface area contributed by atoms with E-state index in [0.717, 1.165) is 6.42 Å². The number of amides is 2. The molecule has 0 spiro atoms. The minimum Gasteiger partial charge on any atom is -0.356 e. The van der Waals surface area contributed by atoms with Crippen LogP contribution in [0.3, 0.4) is 0 Å². The Labute approximate surface area is 137 Å². The van der Waals surface area contributed by atoms with E-state index < -0.39 is 0 Å². The molecule has 2 aromatic heterocycles. The number of aromatic nitrogens is 1. The lowest BCUT2D eigenvalue weighted by molar-refractivity contribution is -0.120. The summed E-state index contributed by atoms with van der Waals surface area (Å²) in [6.07, 6.45) is 1.20. The molecule has 0 fully saturated rings. The quantitative estimate of drug-likeness (QED) is 0.815. The molecule has 7 heteroatoms. The molecular weight excluding hydrogens is 318 g/mol. The first-order valence-corrected chi connectivity index (χ1v) is 8.91. The molecule has 2 N–H and O–H groups in total. The number of hydrogen-bond donors (Lipinski definition) is 2. The van der Waals surface area contributed by atoms with Crippen molar-refractivity contribution in [3.05, 3.63) is 33.5 Å². The van der Waals surface area contributed by atoms with Crippen LogP contribution < -0.4 is 10.6 Å². The molecule has 0 radical (unpaired) electrons. The summed E-state index contributed by atoms with van der Waals surface area (Å²) in [6.45, 7) is 4.92. The fourth-order valence-electron chi connectivity index (χ4n) is 1.74. The maximum Gasteiger partial charge on any atom is 0.258 e. The van der Waals surface area contributed by atoms with Crippen LogP contribution in [-0.4, -0.2) is 23.3 Å². The number of thiazole rings is 1. The van der Waals surface area contributed by atoms with Gasteiger partial charge in [0.25, 0.3) is 5.91 Å². The molecular formula is C15H19N3O2S2.